The predicted octanol–water partition coefficient (Wildman–Crippen LogP) is 5.29. The van der Waals surface area contributed by atoms with Crippen LogP contribution < -0.4 is 13.8 Å². The Labute approximate surface area is 205 Å². The van der Waals surface area contributed by atoms with Crippen LogP contribution in [0.5, 0.6) is 11.5 Å². The quantitative estimate of drug-likeness (QED) is 0.254. The van der Waals surface area contributed by atoms with Gasteiger partial charge in [-0.15, -0.1) is 0 Å². The first-order valence-electron chi connectivity index (χ1n) is 9.21. The van der Waals surface area contributed by atoms with E-state index in [-0.39, 0.29) is 37.1 Å². The lowest BCUT2D eigenvalue weighted by molar-refractivity contribution is -0.146. The molecule has 0 saturated carbocycles. The van der Waals surface area contributed by atoms with E-state index in [1.807, 2.05) is 0 Å². The normalized spacial score (nSPS) is 11.1. The lowest BCUT2D eigenvalue weighted by Crippen LogP contribution is -2.43. The summed E-state index contributed by atoms with van der Waals surface area (Å²) in [5.41, 5.74) is 0.671. The number of methoxy groups -OCH3 is 1. The van der Waals surface area contributed by atoms with Crippen LogP contribution in [-0.4, -0.2) is 27.4 Å². The summed E-state index contributed by atoms with van der Waals surface area (Å²) in [7, 11) is -3.15. The second-order valence-corrected chi connectivity index (χ2v) is 9.71. The molecule has 0 aliphatic rings. The van der Waals surface area contributed by atoms with Gasteiger partial charge in [0.05, 0.1) is 27.7 Å². The molecule has 172 valence electrons. The van der Waals surface area contributed by atoms with E-state index < -0.39 is 21.9 Å². The fourth-order valence-corrected chi connectivity index (χ4v) is 5.03. The molecular weight excluding hydrogens is 513 g/mol. The lowest BCUT2D eigenvalue weighted by atomic mass is 10.2. The highest BCUT2D eigenvalue weighted by Gasteiger charge is 2.37. The number of ether oxygens (including phenoxy) is 2. The standard InChI is InChI=1S/C22H16Cl3NO6S/c1-13-6-8-17(9-7-13)33(29,30)26(15-4-3-5-16(12-15)31-2)21(27)22(28)32-20-18(24)10-14(23)11-19(20)25/h3-12H,1-2H3. The highest BCUT2D eigenvalue weighted by molar-refractivity contribution is 7.93. The van der Waals surface area contributed by atoms with Crippen molar-refractivity contribution in [3.63, 3.8) is 0 Å². The molecule has 0 saturated heterocycles. The average Bonchev–Trinajstić information content (AvgIpc) is 2.76. The van der Waals surface area contributed by atoms with Gasteiger partial charge in [-0.05, 0) is 43.3 Å². The first kappa shape index (κ1) is 24.9. The van der Waals surface area contributed by atoms with Crippen LogP contribution in [0.4, 0.5) is 5.69 Å². The molecule has 0 bridgehead atoms. The Kier molecular flexibility index (Phi) is 7.54. The highest BCUT2D eigenvalue weighted by Crippen LogP contribution is 2.36. The Morgan fingerprint density at radius 2 is 1.52 bits per heavy atom. The van der Waals surface area contributed by atoms with E-state index in [0.29, 0.717) is 4.31 Å². The van der Waals surface area contributed by atoms with Crippen LogP contribution in [0.2, 0.25) is 15.1 Å². The van der Waals surface area contributed by atoms with Crippen LogP contribution in [0.15, 0.2) is 65.6 Å². The fraction of sp³-hybridized carbons (Fsp3) is 0.0909. The average molecular weight is 529 g/mol. The van der Waals surface area contributed by atoms with E-state index in [9.17, 15) is 18.0 Å². The van der Waals surface area contributed by atoms with Crippen LogP contribution in [-0.2, 0) is 19.6 Å². The number of benzene rings is 3. The molecule has 3 rings (SSSR count). The minimum Gasteiger partial charge on any atom is -0.497 e. The molecule has 0 aliphatic carbocycles. The van der Waals surface area contributed by atoms with Gasteiger partial charge in [0, 0.05) is 11.1 Å². The van der Waals surface area contributed by atoms with Gasteiger partial charge in [-0.2, -0.15) is 4.31 Å². The van der Waals surface area contributed by atoms with Gasteiger partial charge in [0.1, 0.15) is 5.75 Å². The number of hydrogen-bond acceptors (Lipinski definition) is 6. The summed E-state index contributed by atoms with van der Waals surface area (Å²) < 4.78 is 37.3. The number of halogens is 3. The van der Waals surface area contributed by atoms with E-state index in [1.165, 1.54) is 49.6 Å². The molecule has 0 fully saturated rings. The van der Waals surface area contributed by atoms with Crippen LogP contribution in [0, 0.1) is 6.92 Å². The molecule has 0 aliphatic heterocycles. The van der Waals surface area contributed by atoms with Gasteiger partial charge < -0.3 is 9.47 Å². The number of carbonyl (C=O) groups excluding carboxylic acids is 2. The zero-order chi connectivity index (χ0) is 24.3. The van der Waals surface area contributed by atoms with Crippen molar-refractivity contribution in [2.24, 2.45) is 0 Å². The third kappa shape index (κ3) is 5.42. The van der Waals surface area contributed by atoms with E-state index in [4.69, 9.17) is 44.3 Å². The molecule has 0 N–H and O–H groups in total. The molecule has 3 aromatic rings. The van der Waals surface area contributed by atoms with Crippen LogP contribution in [0.1, 0.15) is 5.56 Å². The van der Waals surface area contributed by atoms with Crippen molar-refractivity contribution in [2.75, 3.05) is 11.4 Å². The maximum absolute atomic E-state index is 13.4. The molecular formula is C22H16Cl3NO6S. The molecule has 3 aromatic carbocycles. The summed E-state index contributed by atoms with van der Waals surface area (Å²) in [5, 5.41) is -0.0953. The zero-order valence-corrected chi connectivity index (χ0v) is 20.3. The van der Waals surface area contributed by atoms with E-state index in [0.717, 1.165) is 5.56 Å². The number of rotatable bonds is 5. The Bertz CT molecular complexity index is 1300. The maximum Gasteiger partial charge on any atom is 0.403 e. The van der Waals surface area contributed by atoms with Crippen LogP contribution >= 0.6 is 34.8 Å². The Morgan fingerprint density at radius 3 is 2.09 bits per heavy atom. The summed E-state index contributed by atoms with van der Waals surface area (Å²) in [4.78, 5) is 25.7. The topological polar surface area (TPSA) is 90.0 Å². The highest BCUT2D eigenvalue weighted by atomic mass is 35.5. The molecule has 0 heterocycles. The minimum atomic E-state index is -4.52. The smallest absolute Gasteiger partial charge is 0.403 e. The largest absolute Gasteiger partial charge is 0.497 e. The van der Waals surface area contributed by atoms with Gasteiger partial charge in [-0.25, -0.2) is 13.2 Å². The summed E-state index contributed by atoms with van der Waals surface area (Å²) in [6.45, 7) is 1.78. The number of carbonyl (C=O) groups is 2. The summed E-state index contributed by atoms with van der Waals surface area (Å²) in [6.07, 6.45) is 0. The number of amides is 1. The van der Waals surface area contributed by atoms with Crippen molar-refractivity contribution in [2.45, 2.75) is 11.8 Å². The minimum absolute atomic E-state index is 0.134. The first-order valence-corrected chi connectivity index (χ1v) is 11.8. The summed E-state index contributed by atoms with van der Waals surface area (Å²) in [5.74, 6) is -3.09. The Hall–Kier alpha value is -2.78. The van der Waals surface area contributed by atoms with Gasteiger partial charge >= 0.3 is 11.9 Å². The predicted molar refractivity (Wildman–Crippen MR) is 126 cm³/mol. The number of sulfonamides is 1. The Morgan fingerprint density at radius 1 is 0.909 bits per heavy atom. The number of nitrogens with zero attached hydrogens (tertiary/aromatic N) is 1. The molecule has 1 amide bonds. The van der Waals surface area contributed by atoms with Crippen molar-refractivity contribution in [3.05, 3.63) is 81.3 Å². The number of anilines is 1. The van der Waals surface area contributed by atoms with Gasteiger partial charge in [-0.1, -0.05) is 58.6 Å². The van der Waals surface area contributed by atoms with E-state index in [2.05, 4.69) is 0 Å². The summed E-state index contributed by atoms with van der Waals surface area (Å²) in [6, 6.07) is 13.9. The molecule has 33 heavy (non-hydrogen) atoms. The molecule has 0 aromatic heterocycles. The fourth-order valence-electron chi connectivity index (χ4n) is 2.76. The van der Waals surface area contributed by atoms with Crippen molar-refractivity contribution >= 4 is 62.4 Å². The number of esters is 1. The van der Waals surface area contributed by atoms with Crippen LogP contribution in [0.25, 0.3) is 0 Å². The third-order valence-electron chi connectivity index (χ3n) is 4.36. The monoisotopic (exact) mass is 527 g/mol. The van der Waals surface area contributed by atoms with Crippen LogP contribution in [0.3, 0.4) is 0 Å². The van der Waals surface area contributed by atoms with Gasteiger partial charge in [0.15, 0.2) is 5.75 Å². The van der Waals surface area contributed by atoms with Crippen molar-refractivity contribution < 1.29 is 27.5 Å². The van der Waals surface area contributed by atoms with Gasteiger partial charge in [-0.3, -0.25) is 4.79 Å². The van der Waals surface area contributed by atoms with E-state index in [1.54, 1.807) is 25.1 Å². The SMILES string of the molecule is COc1cccc(N(C(=O)C(=O)Oc2c(Cl)cc(Cl)cc2Cl)S(=O)(=O)c2ccc(C)cc2)c1. The van der Waals surface area contributed by atoms with Crippen molar-refractivity contribution in [1.82, 2.24) is 0 Å². The molecule has 0 atom stereocenters. The van der Waals surface area contributed by atoms with E-state index >= 15 is 0 Å². The van der Waals surface area contributed by atoms with Gasteiger partial charge in [0.2, 0.25) is 0 Å². The van der Waals surface area contributed by atoms with Crippen molar-refractivity contribution in [3.8, 4) is 11.5 Å². The first-order chi connectivity index (χ1) is 15.5. The second-order valence-electron chi connectivity index (χ2n) is 6.68. The third-order valence-corrected chi connectivity index (χ3v) is 6.87. The second kappa shape index (κ2) is 10.0. The van der Waals surface area contributed by atoms with Gasteiger partial charge in [0.25, 0.3) is 10.0 Å². The zero-order valence-electron chi connectivity index (χ0n) is 17.2. The molecule has 0 spiro atoms. The molecule has 0 radical (unpaired) electrons. The maximum atomic E-state index is 13.4. The molecule has 0 unspecified atom stereocenters. The number of aryl methyl sites for hydroxylation is 1. The lowest BCUT2D eigenvalue weighted by Gasteiger charge is -2.22. The summed E-state index contributed by atoms with van der Waals surface area (Å²) >= 11 is 17.9. The Balaban J connectivity index is 2.08. The number of hydrogen-bond donors (Lipinski definition) is 0. The molecule has 11 heteroatoms. The van der Waals surface area contributed by atoms with Crippen molar-refractivity contribution in [1.29, 1.82) is 0 Å². The molecule has 7 nitrogen and oxygen atoms in total.